The summed E-state index contributed by atoms with van der Waals surface area (Å²) in [6.45, 7) is 0. The predicted octanol–water partition coefficient (Wildman–Crippen LogP) is 3.71. The second-order valence-electron chi connectivity index (χ2n) is 4.59. The first-order valence-corrected chi connectivity index (χ1v) is 6.46. The third kappa shape index (κ3) is 3.67. The summed E-state index contributed by atoms with van der Waals surface area (Å²) in [5, 5.41) is 9.22. The number of carbonyl (C=O) groups excluding carboxylic acids is 1. The average molecular weight is 283 g/mol. The lowest BCUT2D eigenvalue weighted by Crippen LogP contribution is -2.06. The van der Waals surface area contributed by atoms with Gasteiger partial charge in [0.2, 0.25) is 0 Å². The van der Waals surface area contributed by atoms with Crippen molar-refractivity contribution in [1.82, 2.24) is 0 Å². The van der Waals surface area contributed by atoms with Gasteiger partial charge in [0, 0.05) is 12.0 Å². The number of ketones is 1. The molecule has 0 saturated heterocycles. The number of benzene rings is 2. The molecule has 0 aliphatic heterocycles. The Morgan fingerprint density at radius 2 is 2.00 bits per heavy atom. The number of hydrogen-bond donors (Lipinski definition) is 0. The fourth-order valence-electron chi connectivity index (χ4n) is 2.03. The minimum atomic E-state index is -0.593. The molecule has 0 N–H and O–H groups in total. The first-order valence-electron chi connectivity index (χ1n) is 6.46. The summed E-state index contributed by atoms with van der Waals surface area (Å²) in [5.74, 6) is -0.514. The van der Waals surface area contributed by atoms with Gasteiger partial charge in [-0.1, -0.05) is 24.3 Å². The third-order valence-electron chi connectivity index (χ3n) is 3.21. The van der Waals surface area contributed by atoms with E-state index in [9.17, 15) is 14.4 Å². The van der Waals surface area contributed by atoms with E-state index in [4.69, 9.17) is 4.74 Å². The number of halogens is 1. The van der Waals surface area contributed by atoms with Gasteiger partial charge in [-0.25, -0.2) is 4.39 Å². The van der Waals surface area contributed by atoms with Crippen LogP contribution in [0, 0.1) is 17.1 Å². The molecule has 0 radical (unpaired) electrons. The van der Waals surface area contributed by atoms with E-state index >= 15 is 0 Å². The maximum Gasteiger partial charge on any atom is 0.164 e. The maximum absolute atomic E-state index is 12.9. The Hall–Kier alpha value is -2.67. The molecule has 0 bridgehead atoms. The van der Waals surface area contributed by atoms with E-state index in [0.717, 1.165) is 0 Å². The van der Waals surface area contributed by atoms with Crippen LogP contribution in [-0.2, 0) is 0 Å². The summed E-state index contributed by atoms with van der Waals surface area (Å²) in [5.41, 5.74) is 1.13. The second-order valence-corrected chi connectivity index (χ2v) is 4.59. The van der Waals surface area contributed by atoms with Gasteiger partial charge in [0.05, 0.1) is 19.1 Å². The second kappa shape index (κ2) is 6.67. The first-order chi connectivity index (χ1) is 10.1. The lowest BCUT2D eigenvalue weighted by atomic mass is 9.93. The summed E-state index contributed by atoms with van der Waals surface area (Å²) in [6.07, 6.45) is 0.0509. The van der Waals surface area contributed by atoms with Crippen LogP contribution in [0.25, 0.3) is 0 Å². The van der Waals surface area contributed by atoms with E-state index in [1.807, 2.05) is 0 Å². The largest absolute Gasteiger partial charge is 0.497 e. The van der Waals surface area contributed by atoms with Crippen molar-refractivity contribution in [2.45, 2.75) is 12.3 Å². The van der Waals surface area contributed by atoms with Gasteiger partial charge in [0.25, 0.3) is 0 Å². The molecular weight excluding hydrogens is 269 g/mol. The molecule has 1 unspecified atom stereocenters. The molecule has 0 spiro atoms. The van der Waals surface area contributed by atoms with Crippen molar-refractivity contribution in [2.75, 3.05) is 7.11 Å². The summed E-state index contributed by atoms with van der Waals surface area (Å²) in [6, 6.07) is 14.5. The van der Waals surface area contributed by atoms with Gasteiger partial charge >= 0.3 is 0 Å². The number of methoxy groups -OCH3 is 1. The van der Waals surface area contributed by atoms with Crippen molar-refractivity contribution in [2.24, 2.45) is 0 Å². The lowest BCUT2D eigenvalue weighted by molar-refractivity contribution is 0.0978. The molecule has 0 aliphatic rings. The van der Waals surface area contributed by atoms with Crippen LogP contribution in [0.1, 0.15) is 28.3 Å². The van der Waals surface area contributed by atoms with Gasteiger partial charge in [-0.2, -0.15) is 5.26 Å². The highest BCUT2D eigenvalue weighted by atomic mass is 19.1. The normalized spacial score (nSPS) is 11.5. The zero-order valence-corrected chi connectivity index (χ0v) is 11.5. The summed E-state index contributed by atoms with van der Waals surface area (Å²) in [4.78, 5) is 12.2. The molecule has 0 aromatic heterocycles. The SMILES string of the molecule is COc1cccc(C(=O)CC(C#N)c2ccc(F)cc2)c1. The van der Waals surface area contributed by atoms with Crippen LogP contribution in [-0.4, -0.2) is 12.9 Å². The molecular formula is C17H14FNO2. The standard InChI is InChI=1S/C17H14FNO2/c1-21-16-4-2-3-13(9-16)17(20)10-14(11-19)12-5-7-15(18)8-6-12/h2-9,14H,10H2,1H3. The number of hydrogen-bond acceptors (Lipinski definition) is 3. The Morgan fingerprint density at radius 3 is 2.62 bits per heavy atom. The zero-order chi connectivity index (χ0) is 15.2. The number of nitrogens with zero attached hydrogens (tertiary/aromatic N) is 1. The third-order valence-corrected chi connectivity index (χ3v) is 3.21. The smallest absolute Gasteiger partial charge is 0.164 e. The number of Topliss-reactive ketones (excluding diaryl/α,β-unsaturated/α-hetero) is 1. The highest BCUT2D eigenvalue weighted by Gasteiger charge is 2.17. The molecule has 3 nitrogen and oxygen atoms in total. The van der Waals surface area contributed by atoms with Crippen LogP contribution < -0.4 is 4.74 Å². The summed E-state index contributed by atoms with van der Waals surface area (Å²) < 4.78 is 18.0. The number of carbonyl (C=O) groups is 1. The Bertz CT molecular complexity index is 674. The molecule has 2 aromatic rings. The monoisotopic (exact) mass is 283 g/mol. The average Bonchev–Trinajstić information content (AvgIpc) is 2.53. The summed E-state index contributed by atoms with van der Waals surface area (Å²) in [7, 11) is 1.53. The van der Waals surface area contributed by atoms with E-state index in [0.29, 0.717) is 16.9 Å². The van der Waals surface area contributed by atoms with Crippen molar-refractivity contribution in [3.8, 4) is 11.8 Å². The number of nitriles is 1. The van der Waals surface area contributed by atoms with Gasteiger partial charge in [-0.3, -0.25) is 4.79 Å². The molecule has 2 aromatic carbocycles. The fraction of sp³-hybridized carbons (Fsp3) is 0.176. The first kappa shape index (κ1) is 14.7. The van der Waals surface area contributed by atoms with Crippen molar-refractivity contribution in [1.29, 1.82) is 5.26 Å². The molecule has 21 heavy (non-hydrogen) atoms. The molecule has 0 aliphatic carbocycles. The molecule has 0 saturated carbocycles. The van der Waals surface area contributed by atoms with Gasteiger partial charge in [0.15, 0.2) is 5.78 Å². The van der Waals surface area contributed by atoms with Crippen LogP contribution in [0.3, 0.4) is 0 Å². The van der Waals surface area contributed by atoms with Gasteiger partial charge < -0.3 is 4.74 Å². The maximum atomic E-state index is 12.9. The minimum Gasteiger partial charge on any atom is -0.497 e. The molecule has 0 amide bonds. The highest BCUT2D eigenvalue weighted by molar-refractivity contribution is 5.97. The van der Waals surface area contributed by atoms with E-state index in [1.54, 1.807) is 24.3 Å². The van der Waals surface area contributed by atoms with Crippen LogP contribution in [0.5, 0.6) is 5.75 Å². The van der Waals surface area contributed by atoms with E-state index in [-0.39, 0.29) is 18.0 Å². The van der Waals surface area contributed by atoms with Crippen LogP contribution in [0.2, 0.25) is 0 Å². The fourth-order valence-corrected chi connectivity index (χ4v) is 2.03. The van der Waals surface area contributed by atoms with Crippen molar-refractivity contribution < 1.29 is 13.9 Å². The van der Waals surface area contributed by atoms with Crippen molar-refractivity contribution >= 4 is 5.78 Å². The quantitative estimate of drug-likeness (QED) is 0.786. The Morgan fingerprint density at radius 1 is 1.29 bits per heavy atom. The Kier molecular flexibility index (Phi) is 4.68. The molecule has 0 fully saturated rings. The van der Waals surface area contributed by atoms with E-state index in [1.165, 1.54) is 31.4 Å². The van der Waals surface area contributed by atoms with Crippen molar-refractivity contribution in [3.05, 3.63) is 65.5 Å². The van der Waals surface area contributed by atoms with Gasteiger partial charge in [0.1, 0.15) is 11.6 Å². The minimum absolute atomic E-state index is 0.0509. The van der Waals surface area contributed by atoms with E-state index < -0.39 is 5.92 Å². The Labute approximate surface area is 122 Å². The zero-order valence-electron chi connectivity index (χ0n) is 11.5. The Balaban J connectivity index is 2.16. The highest BCUT2D eigenvalue weighted by Crippen LogP contribution is 2.23. The van der Waals surface area contributed by atoms with Crippen LogP contribution in [0.4, 0.5) is 4.39 Å². The lowest BCUT2D eigenvalue weighted by Gasteiger charge is -2.09. The number of rotatable bonds is 5. The number of ether oxygens (including phenoxy) is 1. The predicted molar refractivity (Wildman–Crippen MR) is 76.7 cm³/mol. The van der Waals surface area contributed by atoms with E-state index in [2.05, 4.69) is 6.07 Å². The molecule has 2 rings (SSSR count). The molecule has 106 valence electrons. The van der Waals surface area contributed by atoms with Gasteiger partial charge in [-0.05, 0) is 29.8 Å². The molecule has 0 heterocycles. The topological polar surface area (TPSA) is 50.1 Å². The summed E-state index contributed by atoms with van der Waals surface area (Å²) >= 11 is 0. The molecule has 4 heteroatoms. The van der Waals surface area contributed by atoms with Crippen LogP contribution >= 0.6 is 0 Å². The van der Waals surface area contributed by atoms with Crippen LogP contribution in [0.15, 0.2) is 48.5 Å². The van der Waals surface area contributed by atoms with Crippen molar-refractivity contribution in [3.63, 3.8) is 0 Å². The van der Waals surface area contributed by atoms with Gasteiger partial charge in [-0.15, -0.1) is 0 Å². The molecule has 1 atom stereocenters.